The minimum Gasteiger partial charge on any atom is -0.326 e. The van der Waals surface area contributed by atoms with Crippen molar-refractivity contribution in [3.8, 4) is 0 Å². The van der Waals surface area contributed by atoms with Crippen LogP contribution in [0.15, 0.2) is 24.4 Å². The number of nitrogens with zero attached hydrogens (tertiary/aromatic N) is 1. The van der Waals surface area contributed by atoms with Crippen LogP contribution in [0.25, 0.3) is 0 Å². The van der Waals surface area contributed by atoms with E-state index in [1.807, 2.05) is 12.1 Å². The highest BCUT2D eigenvalue weighted by atomic mass is 32.2. The van der Waals surface area contributed by atoms with Gasteiger partial charge in [-0.15, -0.1) is 0 Å². The molecule has 1 saturated carbocycles. The average Bonchev–Trinajstić information content (AvgIpc) is 2.92. The molecule has 0 aliphatic heterocycles. The van der Waals surface area contributed by atoms with Gasteiger partial charge in [0.25, 0.3) is 0 Å². The standard InChI is InChI=1S/C10H15N3O2S/c11-9-7-10(9)13-16(14,15)6-4-8-3-1-2-5-12-8/h1-3,5,9-10,13H,4,6-7,11H2. The van der Waals surface area contributed by atoms with E-state index in [4.69, 9.17) is 5.73 Å². The third-order valence-corrected chi connectivity index (χ3v) is 3.93. The van der Waals surface area contributed by atoms with Crippen LogP contribution in [0, 0.1) is 0 Å². The molecule has 1 heterocycles. The molecule has 0 saturated heterocycles. The summed E-state index contributed by atoms with van der Waals surface area (Å²) >= 11 is 0. The Kier molecular flexibility index (Phi) is 3.22. The number of hydrogen-bond donors (Lipinski definition) is 2. The van der Waals surface area contributed by atoms with Crippen LogP contribution in [0.2, 0.25) is 0 Å². The lowest BCUT2D eigenvalue weighted by atomic mass is 10.3. The highest BCUT2D eigenvalue weighted by molar-refractivity contribution is 7.89. The van der Waals surface area contributed by atoms with Crippen LogP contribution in [0.5, 0.6) is 0 Å². The van der Waals surface area contributed by atoms with E-state index in [-0.39, 0.29) is 17.8 Å². The Labute approximate surface area is 95.1 Å². The molecule has 1 aliphatic rings. The van der Waals surface area contributed by atoms with Crippen LogP contribution in [-0.4, -0.2) is 31.2 Å². The molecule has 2 atom stereocenters. The Hall–Kier alpha value is -0.980. The fourth-order valence-electron chi connectivity index (χ4n) is 1.42. The number of aryl methyl sites for hydroxylation is 1. The Bertz CT molecular complexity index is 446. The zero-order valence-electron chi connectivity index (χ0n) is 8.83. The summed E-state index contributed by atoms with van der Waals surface area (Å²) in [5.74, 6) is 0.0627. The van der Waals surface area contributed by atoms with Crippen molar-refractivity contribution in [3.63, 3.8) is 0 Å². The van der Waals surface area contributed by atoms with Crippen molar-refractivity contribution < 1.29 is 8.42 Å². The number of sulfonamides is 1. The van der Waals surface area contributed by atoms with E-state index in [0.29, 0.717) is 6.42 Å². The first-order valence-electron chi connectivity index (χ1n) is 5.22. The normalized spacial score (nSPS) is 24.3. The second-order valence-corrected chi connectivity index (χ2v) is 5.89. The van der Waals surface area contributed by atoms with Gasteiger partial charge in [-0.05, 0) is 18.6 Å². The van der Waals surface area contributed by atoms with E-state index < -0.39 is 10.0 Å². The smallest absolute Gasteiger partial charge is 0.212 e. The predicted molar refractivity (Wildman–Crippen MR) is 61.2 cm³/mol. The average molecular weight is 241 g/mol. The molecule has 5 nitrogen and oxygen atoms in total. The third-order valence-electron chi connectivity index (χ3n) is 2.52. The van der Waals surface area contributed by atoms with E-state index >= 15 is 0 Å². The van der Waals surface area contributed by atoms with Crippen molar-refractivity contribution in [1.29, 1.82) is 0 Å². The maximum absolute atomic E-state index is 11.6. The number of rotatable bonds is 5. The fourth-order valence-corrected chi connectivity index (χ4v) is 2.75. The molecule has 1 aromatic rings. The van der Waals surface area contributed by atoms with Crippen LogP contribution in [-0.2, 0) is 16.4 Å². The molecule has 2 unspecified atom stereocenters. The second-order valence-electron chi connectivity index (χ2n) is 4.01. The van der Waals surface area contributed by atoms with Crippen LogP contribution in [0.1, 0.15) is 12.1 Å². The molecule has 3 N–H and O–H groups in total. The van der Waals surface area contributed by atoms with Crippen molar-refractivity contribution in [2.24, 2.45) is 5.73 Å². The Balaban J connectivity index is 1.85. The van der Waals surface area contributed by atoms with Crippen LogP contribution < -0.4 is 10.5 Å². The molecule has 2 rings (SSSR count). The summed E-state index contributed by atoms with van der Waals surface area (Å²) in [5, 5.41) is 0. The summed E-state index contributed by atoms with van der Waals surface area (Å²) in [6.45, 7) is 0. The first-order valence-corrected chi connectivity index (χ1v) is 6.87. The van der Waals surface area contributed by atoms with Gasteiger partial charge in [0.15, 0.2) is 0 Å². The second kappa shape index (κ2) is 4.48. The van der Waals surface area contributed by atoms with Gasteiger partial charge in [0.2, 0.25) is 10.0 Å². The zero-order chi connectivity index (χ0) is 11.6. The molecule has 0 bridgehead atoms. The lowest BCUT2D eigenvalue weighted by Gasteiger charge is -2.05. The van der Waals surface area contributed by atoms with Gasteiger partial charge in [0.1, 0.15) is 0 Å². The van der Waals surface area contributed by atoms with Crippen molar-refractivity contribution in [2.75, 3.05) is 5.75 Å². The van der Waals surface area contributed by atoms with Crippen LogP contribution >= 0.6 is 0 Å². The largest absolute Gasteiger partial charge is 0.326 e. The number of nitrogens with two attached hydrogens (primary N) is 1. The summed E-state index contributed by atoms with van der Waals surface area (Å²) < 4.78 is 25.8. The third kappa shape index (κ3) is 3.26. The van der Waals surface area contributed by atoms with E-state index in [1.165, 1.54) is 0 Å². The Morgan fingerprint density at radius 3 is 2.81 bits per heavy atom. The van der Waals surface area contributed by atoms with E-state index in [9.17, 15) is 8.42 Å². The molecule has 0 amide bonds. The van der Waals surface area contributed by atoms with Gasteiger partial charge >= 0.3 is 0 Å². The molecule has 0 radical (unpaired) electrons. The van der Waals surface area contributed by atoms with Gasteiger partial charge in [-0.1, -0.05) is 6.07 Å². The summed E-state index contributed by atoms with van der Waals surface area (Å²) in [4.78, 5) is 4.07. The molecule has 1 aromatic heterocycles. The van der Waals surface area contributed by atoms with E-state index in [0.717, 1.165) is 12.1 Å². The van der Waals surface area contributed by atoms with E-state index in [2.05, 4.69) is 9.71 Å². The number of aromatic nitrogens is 1. The van der Waals surface area contributed by atoms with Gasteiger partial charge in [-0.25, -0.2) is 13.1 Å². The van der Waals surface area contributed by atoms with Crippen LogP contribution in [0.4, 0.5) is 0 Å². The van der Waals surface area contributed by atoms with Crippen molar-refractivity contribution >= 4 is 10.0 Å². The minimum atomic E-state index is -3.22. The highest BCUT2D eigenvalue weighted by Crippen LogP contribution is 2.18. The molecule has 1 aliphatic carbocycles. The van der Waals surface area contributed by atoms with Crippen LogP contribution in [0.3, 0.4) is 0 Å². The molecule has 16 heavy (non-hydrogen) atoms. The lowest BCUT2D eigenvalue weighted by Crippen LogP contribution is -2.32. The Morgan fingerprint density at radius 2 is 2.25 bits per heavy atom. The fraction of sp³-hybridized carbons (Fsp3) is 0.500. The van der Waals surface area contributed by atoms with Gasteiger partial charge in [-0.2, -0.15) is 0 Å². The first-order chi connectivity index (χ1) is 7.57. The zero-order valence-corrected chi connectivity index (χ0v) is 9.65. The molecule has 88 valence electrons. The van der Waals surface area contributed by atoms with Crippen molar-refractivity contribution in [2.45, 2.75) is 24.9 Å². The molecule has 1 fully saturated rings. The number of nitrogens with one attached hydrogen (secondary N) is 1. The Morgan fingerprint density at radius 1 is 1.50 bits per heavy atom. The maximum atomic E-state index is 11.6. The minimum absolute atomic E-state index is 0.00961. The van der Waals surface area contributed by atoms with E-state index in [1.54, 1.807) is 12.3 Å². The topological polar surface area (TPSA) is 85.1 Å². The van der Waals surface area contributed by atoms with Crippen molar-refractivity contribution in [1.82, 2.24) is 9.71 Å². The summed E-state index contributed by atoms with van der Waals surface area (Å²) in [7, 11) is -3.22. The molecule has 6 heteroatoms. The first kappa shape index (κ1) is 11.5. The molecule has 0 aromatic carbocycles. The molecular formula is C10H15N3O2S. The summed E-state index contributed by atoms with van der Waals surface area (Å²) in [6.07, 6.45) is 2.83. The predicted octanol–water partition coefficient (Wildman–Crippen LogP) is -0.357. The molecular weight excluding hydrogens is 226 g/mol. The number of hydrogen-bond acceptors (Lipinski definition) is 4. The SMILES string of the molecule is NC1CC1NS(=O)(=O)CCc1ccccn1. The van der Waals surface area contributed by atoms with Gasteiger partial charge in [0, 0.05) is 30.4 Å². The van der Waals surface area contributed by atoms with Crippen molar-refractivity contribution in [3.05, 3.63) is 30.1 Å². The summed E-state index contributed by atoms with van der Waals surface area (Å²) in [6, 6.07) is 5.40. The highest BCUT2D eigenvalue weighted by Gasteiger charge is 2.36. The van der Waals surface area contributed by atoms with Gasteiger partial charge in [-0.3, -0.25) is 4.98 Å². The van der Waals surface area contributed by atoms with Gasteiger partial charge < -0.3 is 5.73 Å². The number of pyridine rings is 1. The monoisotopic (exact) mass is 241 g/mol. The van der Waals surface area contributed by atoms with Gasteiger partial charge in [0.05, 0.1) is 5.75 Å². The maximum Gasteiger partial charge on any atom is 0.212 e. The lowest BCUT2D eigenvalue weighted by molar-refractivity contribution is 0.578. The summed E-state index contributed by atoms with van der Waals surface area (Å²) in [5.41, 5.74) is 6.33. The quantitative estimate of drug-likeness (QED) is 0.737. The molecule has 0 spiro atoms.